The molecule has 1 saturated carbocycles. The third-order valence-electron chi connectivity index (χ3n) is 2.57. The lowest BCUT2D eigenvalue weighted by molar-refractivity contribution is 0.0972. The van der Waals surface area contributed by atoms with Gasteiger partial charge in [-0.25, -0.2) is 0 Å². The fourth-order valence-electron chi connectivity index (χ4n) is 1.46. The summed E-state index contributed by atoms with van der Waals surface area (Å²) in [6.07, 6.45) is 3.79. The van der Waals surface area contributed by atoms with Gasteiger partial charge in [0.25, 0.3) is 5.91 Å². The van der Waals surface area contributed by atoms with Crippen LogP contribution >= 0.6 is 0 Å². The Morgan fingerprint density at radius 1 is 1.57 bits per heavy atom. The Balaban J connectivity index is 1.86. The van der Waals surface area contributed by atoms with Gasteiger partial charge in [-0.1, -0.05) is 6.42 Å². The Morgan fingerprint density at radius 2 is 2.36 bits per heavy atom. The van der Waals surface area contributed by atoms with Crippen LogP contribution in [0, 0.1) is 0 Å². The van der Waals surface area contributed by atoms with Crippen LogP contribution in [-0.2, 0) is 6.54 Å². The number of nitrogens with two attached hydrogens (primary N) is 1. The molecule has 3 N–H and O–H groups in total. The van der Waals surface area contributed by atoms with Gasteiger partial charge in [0.1, 0.15) is 5.76 Å². The van der Waals surface area contributed by atoms with Gasteiger partial charge in [-0.3, -0.25) is 4.79 Å². The van der Waals surface area contributed by atoms with E-state index >= 15 is 0 Å². The van der Waals surface area contributed by atoms with E-state index in [1.165, 1.54) is 19.3 Å². The highest BCUT2D eigenvalue weighted by Gasteiger charge is 2.17. The Bertz CT molecular complexity index is 329. The number of carbonyl (C=O) groups is 1. The van der Waals surface area contributed by atoms with E-state index < -0.39 is 5.91 Å². The summed E-state index contributed by atoms with van der Waals surface area (Å²) >= 11 is 0. The SMILES string of the molecule is NC(=O)c1ccc(CNC2CCC2)o1. The van der Waals surface area contributed by atoms with Crippen LogP contribution < -0.4 is 11.1 Å². The predicted octanol–water partition coefficient (Wildman–Crippen LogP) is 1.02. The van der Waals surface area contributed by atoms with Crippen molar-refractivity contribution >= 4 is 5.91 Å². The molecule has 4 heteroatoms. The van der Waals surface area contributed by atoms with Gasteiger partial charge in [0.2, 0.25) is 0 Å². The number of hydrogen-bond acceptors (Lipinski definition) is 3. The van der Waals surface area contributed by atoms with Crippen LogP contribution in [0.3, 0.4) is 0 Å². The smallest absolute Gasteiger partial charge is 0.284 e. The van der Waals surface area contributed by atoms with E-state index in [1.54, 1.807) is 12.1 Å². The number of carbonyl (C=O) groups excluding carboxylic acids is 1. The van der Waals surface area contributed by atoms with E-state index in [4.69, 9.17) is 10.2 Å². The summed E-state index contributed by atoms with van der Waals surface area (Å²) in [7, 11) is 0. The molecule has 1 aromatic rings. The first kappa shape index (κ1) is 9.27. The molecule has 1 heterocycles. The van der Waals surface area contributed by atoms with E-state index in [9.17, 15) is 4.79 Å². The largest absolute Gasteiger partial charge is 0.455 e. The molecule has 1 aliphatic carbocycles. The molecule has 0 unspecified atom stereocenters. The Morgan fingerprint density at radius 3 is 2.86 bits per heavy atom. The third kappa shape index (κ3) is 1.96. The van der Waals surface area contributed by atoms with Crippen molar-refractivity contribution in [3.63, 3.8) is 0 Å². The van der Waals surface area contributed by atoms with E-state index in [2.05, 4.69) is 5.32 Å². The van der Waals surface area contributed by atoms with E-state index in [1.807, 2.05) is 0 Å². The molecule has 1 fully saturated rings. The van der Waals surface area contributed by atoms with Crippen LogP contribution in [0.5, 0.6) is 0 Å². The molecule has 1 aromatic heterocycles. The summed E-state index contributed by atoms with van der Waals surface area (Å²) in [5.41, 5.74) is 5.07. The Hall–Kier alpha value is -1.29. The van der Waals surface area contributed by atoms with E-state index in [0.29, 0.717) is 12.6 Å². The minimum Gasteiger partial charge on any atom is -0.455 e. The Kier molecular flexibility index (Phi) is 2.54. The maximum Gasteiger partial charge on any atom is 0.284 e. The lowest BCUT2D eigenvalue weighted by Crippen LogP contribution is -2.34. The monoisotopic (exact) mass is 194 g/mol. The van der Waals surface area contributed by atoms with Gasteiger partial charge in [0.15, 0.2) is 5.76 Å². The molecule has 0 radical (unpaired) electrons. The molecule has 0 saturated heterocycles. The van der Waals surface area contributed by atoms with Crippen molar-refractivity contribution in [2.24, 2.45) is 5.73 Å². The van der Waals surface area contributed by atoms with Crippen molar-refractivity contribution < 1.29 is 9.21 Å². The molecule has 4 nitrogen and oxygen atoms in total. The lowest BCUT2D eigenvalue weighted by atomic mass is 9.93. The number of primary amides is 1. The summed E-state index contributed by atoms with van der Waals surface area (Å²) in [4.78, 5) is 10.7. The third-order valence-corrected chi connectivity index (χ3v) is 2.57. The first-order valence-corrected chi connectivity index (χ1v) is 4.87. The number of furan rings is 1. The topological polar surface area (TPSA) is 68.3 Å². The average Bonchev–Trinajstić information content (AvgIpc) is 2.50. The second kappa shape index (κ2) is 3.84. The van der Waals surface area contributed by atoms with Gasteiger partial charge in [0, 0.05) is 6.04 Å². The summed E-state index contributed by atoms with van der Waals surface area (Å²) in [6, 6.07) is 4.02. The first-order chi connectivity index (χ1) is 6.75. The molecule has 14 heavy (non-hydrogen) atoms. The normalized spacial score (nSPS) is 16.6. The standard InChI is InChI=1S/C10H14N2O2/c11-10(13)9-5-4-8(14-9)6-12-7-2-1-3-7/h4-5,7,12H,1-3,6H2,(H2,11,13). The van der Waals surface area contributed by atoms with Crippen LogP contribution in [0.4, 0.5) is 0 Å². The summed E-state index contributed by atoms with van der Waals surface area (Å²) < 4.78 is 5.23. The fraction of sp³-hybridized carbons (Fsp3) is 0.500. The molecule has 0 aliphatic heterocycles. The van der Waals surface area contributed by atoms with Crippen LogP contribution in [-0.4, -0.2) is 11.9 Å². The molecule has 1 amide bonds. The minimum atomic E-state index is -0.514. The van der Waals surface area contributed by atoms with Gasteiger partial charge in [-0.15, -0.1) is 0 Å². The number of nitrogens with one attached hydrogen (secondary N) is 1. The van der Waals surface area contributed by atoms with Crippen LogP contribution in [0.2, 0.25) is 0 Å². The zero-order valence-electron chi connectivity index (χ0n) is 7.95. The second-order valence-corrected chi connectivity index (χ2v) is 3.64. The van der Waals surface area contributed by atoms with Crippen LogP contribution in [0.15, 0.2) is 16.5 Å². The van der Waals surface area contributed by atoms with Crippen molar-refractivity contribution in [3.05, 3.63) is 23.7 Å². The van der Waals surface area contributed by atoms with Crippen molar-refractivity contribution in [1.82, 2.24) is 5.32 Å². The molecular weight excluding hydrogens is 180 g/mol. The quantitative estimate of drug-likeness (QED) is 0.752. The minimum absolute atomic E-state index is 0.232. The zero-order valence-corrected chi connectivity index (χ0v) is 7.95. The summed E-state index contributed by atoms with van der Waals surface area (Å²) in [6.45, 7) is 0.679. The molecule has 2 rings (SSSR count). The fourth-order valence-corrected chi connectivity index (χ4v) is 1.46. The van der Waals surface area contributed by atoms with Gasteiger partial charge in [-0.05, 0) is 25.0 Å². The molecule has 0 spiro atoms. The highest BCUT2D eigenvalue weighted by atomic mass is 16.3. The number of hydrogen-bond donors (Lipinski definition) is 2. The van der Waals surface area contributed by atoms with Crippen molar-refractivity contribution in [3.8, 4) is 0 Å². The molecule has 1 aliphatic rings. The van der Waals surface area contributed by atoms with Gasteiger partial charge in [0.05, 0.1) is 6.54 Å². The maximum absolute atomic E-state index is 10.7. The van der Waals surface area contributed by atoms with Gasteiger partial charge in [-0.2, -0.15) is 0 Å². The number of rotatable bonds is 4. The van der Waals surface area contributed by atoms with Gasteiger partial charge < -0.3 is 15.5 Å². The lowest BCUT2D eigenvalue weighted by Gasteiger charge is -2.25. The van der Waals surface area contributed by atoms with Crippen molar-refractivity contribution in [2.75, 3.05) is 0 Å². The second-order valence-electron chi connectivity index (χ2n) is 3.64. The Labute approximate surface area is 82.5 Å². The maximum atomic E-state index is 10.7. The molecule has 76 valence electrons. The highest BCUT2D eigenvalue weighted by molar-refractivity contribution is 5.89. The molecule has 0 bridgehead atoms. The predicted molar refractivity (Wildman–Crippen MR) is 51.7 cm³/mol. The molecule has 0 atom stereocenters. The molecular formula is C10H14N2O2. The summed E-state index contributed by atoms with van der Waals surface area (Å²) in [5.74, 6) is 0.487. The van der Waals surface area contributed by atoms with Gasteiger partial charge >= 0.3 is 0 Å². The first-order valence-electron chi connectivity index (χ1n) is 4.87. The van der Waals surface area contributed by atoms with Crippen molar-refractivity contribution in [1.29, 1.82) is 0 Å². The highest BCUT2D eigenvalue weighted by Crippen LogP contribution is 2.18. The van der Waals surface area contributed by atoms with E-state index in [0.717, 1.165) is 5.76 Å². The summed E-state index contributed by atoms with van der Waals surface area (Å²) in [5, 5.41) is 3.34. The van der Waals surface area contributed by atoms with Crippen molar-refractivity contribution in [2.45, 2.75) is 31.8 Å². The zero-order chi connectivity index (χ0) is 9.97. The molecule has 0 aromatic carbocycles. The van der Waals surface area contributed by atoms with E-state index in [-0.39, 0.29) is 5.76 Å². The van der Waals surface area contributed by atoms with Crippen LogP contribution in [0.25, 0.3) is 0 Å². The average molecular weight is 194 g/mol. The van der Waals surface area contributed by atoms with Crippen LogP contribution in [0.1, 0.15) is 35.6 Å². The number of amides is 1.